The highest BCUT2D eigenvalue weighted by Gasteiger charge is 2.17. The van der Waals surface area contributed by atoms with Crippen molar-refractivity contribution in [3.05, 3.63) is 42.5 Å². The van der Waals surface area contributed by atoms with E-state index in [0.717, 1.165) is 38.5 Å². The predicted molar refractivity (Wildman–Crippen MR) is 79.1 cm³/mol. The molecule has 0 unspecified atom stereocenters. The van der Waals surface area contributed by atoms with E-state index in [0.29, 0.717) is 0 Å². The van der Waals surface area contributed by atoms with Crippen LogP contribution in [-0.2, 0) is 6.54 Å². The molecular formula is C15H20N4O. The van der Waals surface area contributed by atoms with Crippen molar-refractivity contribution in [2.75, 3.05) is 38.2 Å². The van der Waals surface area contributed by atoms with Crippen LogP contribution in [0.3, 0.4) is 0 Å². The van der Waals surface area contributed by atoms with E-state index in [-0.39, 0.29) is 0 Å². The SMILES string of the molecule is COc1cccc(N2CCN(Cc3cnc[nH]3)CC2)c1. The van der Waals surface area contributed by atoms with Crippen LogP contribution < -0.4 is 9.64 Å². The van der Waals surface area contributed by atoms with Crippen LogP contribution in [0, 0.1) is 0 Å². The standard InChI is InChI=1S/C15H20N4O/c1-20-15-4-2-3-14(9-15)19-7-5-18(6-8-19)11-13-10-16-12-17-13/h2-4,9-10,12H,5-8,11H2,1H3,(H,16,17). The van der Waals surface area contributed by atoms with Gasteiger partial charge in [-0.05, 0) is 12.1 Å². The summed E-state index contributed by atoms with van der Waals surface area (Å²) in [5.74, 6) is 0.919. The van der Waals surface area contributed by atoms with Gasteiger partial charge in [0.15, 0.2) is 0 Å². The number of nitrogens with one attached hydrogen (secondary N) is 1. The number of hydrogen-bond donors (Lipinski definition) is 1. The minimum atomic E-state index is 0.919. The zero-order valence-corrected chi connectivity index (χ0v) is 11.7. The van der Waals surface area contributed by atoms with Crippen LogP contribution in [0.5, 0.6) is 5.75 Å². The molecule has 0 saturated carbocycles. The van der Waals surface area contributed by atoms with Crippen LogP contribution >= 0.6 is 0 Å². The van der Waals surface area contributed by atoms with E-state index in [9.17, 15) is 0 Å². The molecule has 0 bridgehead atoms. The molecule has 0 atom stereocenters. The Labute approximate surface area is 119 Å². The number of aromatic amines is 1. The first kappa shape index (κ1) is 13.0. The molecule has 5 heteroatoms. The number of rotatable bonds is 4. The summed E-state index contributed by atoms with van der Waals surface area (Å²) in [4.78, 5) is 12.1. The monoisotopic (exact) mass is 272 g/mol. The minimum Gasteiger partial charge on any atom is -0.497 e. The van der Waals surface area contributed by atoms with E-state index in [1.807, 2.05) is 18.3 Å². The molecule has 106 valence electrons. The van der Waals surface area contributed by atoms with Crippen molar-refractivity contribution < 1.29 is 4.74 Å². The van der Waals surface area contributed by atoms with Crippen molar-refractivity contribution in [3.63, 3.8) is 0 Å². The molecule has 1 N–H and O–H groups in total. The zero-order valence-electron chi connectivity index (χ0n) is 11.7. The third-order valence-electron chi connectivity index (χ3n) is 3.74. The molecule has 1 aromatic carbocycles. The van der Waals surface area contributed by atoms with Gasteiger partial charge in [-0.2, -0.15) is 0 Å². The molecule has 0 aliphatic carbocycles. The lowest BCUT2D eigenvalue weighted by atomic mass is 10.2. The quantitative estimate of drug-likeness (QED) is 0.921. The van der Waals surface area contributed by atoms with Gasteiger partial charge in [-0.1, -0.05) is 6.07 Å². The highest BCUT2D eigenvalue weighted by atomic mass is 16.5. The van der Waals surface area contributed by atoms with Crippen LogP contribution in [-0.4, -0.2) is 48.2 Å². The van der Waals surface area contributed by atoms with Gasteiger partial charge in [0.1, 0.15) is 5.75 Å². The Balaban J connectivity index is 1.57. The van der Waals surface area contributed by atoms with E-state index < -0.39 is 0 Å². The topological polar surface area (TPSA) is 44.4 Å². The maximum atomic E-state index is 5.29. The molecule has 0 spiro atoms. The second-order valence-electron chi connectivity index (χ2n) is 5.04. The molecule has 2 aromatic rings. The Bertz CT molecular complexity index is 533. The Morgan fingerprint density at radius 1 is 1.25 bits per heavy atom. The fraction of sp³-hybridized carbons (Fsp3) is 0.400. The van der Waals surface area contributed by atoms with Crippen molar-refractivity contribution >= 4 is 5.69 Å². The summed E-state index contributed by atoms with van der Waals surface area (Å²) >= 11 is 0. The summed E-state index contributed by atoms with van der Waals surface area (Å²) in [5, 5.41) is 0. The number of imidazole rings is 1. The van der Waals surface area contributed by atoms with Gasteiger partial charge in [-0.15, -0.1) is 0 Å². The fourth-order valence-electron chi connectivity index (χ4n) is 2.58. The third-order valence-corrected chi connectivity index (χ3v) is 3.74. The Morgan fingerprint density at radius 3 is 2.80 bits per heavy atom. The number of methoxy groups -OCH3 is 1. The van der Waals surface area contributed by atoms with E-state index >= 15 is 0 Å². The molecule has 1 aliphatic heterocycles. The first-order valence-corrected chi connectivity index (χ1v) is 6.94. The van der Waals surface area contributed by atoms with Crippen molar-refractivity contribution in [1.29, 1.82) is 0 Å². The lowest BCUT2D eigenvalue weighted by Gasteiger charge is -2.35. The largest absolute Gasteiger partial charge is 0.497 e. The maximum Gasteiger partial charge on any atom is 0.120 e. The smallest absolute Gasteiger partial charge is 0.120 e. The molecule has 0 amide bonds. The maximum absolute atomic E-state index is 5.29. The van der Waals surface area contributed by atoms with Gasteiger partial charge in [0.05, 0.1) is 13.4 Å². The van der Waals surface area contributed by atoms with Crippen LogP contribution in [0.4, 0.5) is 5.69 Å². The van der Waals surface area contributed by atoms with Crippen molar-refractivity contribution in [2.24, 2.45) is 0 Å². The minimum absolute atomic E-state index is 0.919. The molecule has 5 nitrogen and oxygen atoms in total. The van der Waals surface area contributed by atoms with Gasteiger partial charge in [-0.25, -0.2) is 4.98 Å². The van der Waals surface area contributed by atoms with Crippen molar-refractivity contribution in [2.45, 2.75) is 6.54 Å². The van der Waals surface area contributed by atoms with E-state index in [1.54, 1.807) is 13.4 Å². The van der Waals surface area contributed by atoms with Gasteiger partial charge in [0, 0.05) is 56.4 Å². The number of piperazine rings is 1. The third kappa shape index (κ3) is 2.93. The van der Waals surface area contributed by atoms with Crippen LogP contribution in [0.15, 0.2) is 36.8 Å². The second kappa shape index (κ2) is 5.96. The van der Waals surface area contributed by atoms with Gasteiger partial charge in [-0.3, -0.25) is 4.90 Å². The molecule has 0 radical (unpaired) electrons. The number of benzene rings is 1. The first-order chi connectivity index (χ1) is 9.85. The van der Waals surface area contributed by atoms with E-state index in [1.165, 1.54) is 11.4 Å². The summed E-state index contributed by atoms with van der Waals surface area (Å²) < 4.78 is 5.29. The normalized spacial score (nSPS) is 16.4. The van der Waals surface area contributed by atoms with Crippen LogP contribution in [0.25, 0.3) is 0 Å². The summed E-state index contributed by atoms with van der Waals surface area (Å²) in [6.45, 7) is 5.17. The lowest BCUT2D eigenvalue weighted by molar-refractivity contribution is 0.247. The Morgan fingerprint density at radius 2 is 2.10 bits per heavy atom. The molecule has 1 aliphatic rings. The second-order valence-corrected chi connectivity index (χ2v) is 5.04. The van der Waals surface area contributed by atoms with E-state index in [4.69, 9.17) is 4.74 Å². The Hall–Kier alpha value is -2.01. The molecule has 1 saturated heterocycles. The zero-order chi connectivity index (χ0) is 13.8. The predicted octanol–water partition coefficient (Wildman–Crippen LogP) is 1.74. The summed E-state index contributed by atoms with van der Waals surface area (Å²) in [6, 6.07) is 8.28. The van der Waals surface area contributed by atoms with Crippen LogP contribution in [0.1, 0.15) is 5.69 Å². The average Bonchev–Trinajstić information content (AvgIpc) is 3.01. The Kier molecular flexibility index (Phi) is 3.87. The summed E-state index contributed by atoms with van der Waals surface area (Å²) in [7, 11) is 1.71. The van der Waals surface area contributed by atoms with Crippen LogP contribution in [0.2, 0.25) is 0 Å². The number of aromatic nitrogens is 2. The number of hydrogen-bond acceptors (Lipinski definition) is 4. The number of ether oxygens (including phenoxy) is 1. The van der Waals surface area contributed by atoms with E-state index in [2.05, 4.69) is 31.9 Å². The highest BCUT2D eigenvalue weighted by molar-refractivity contribution is 5.51. The lowest BCUT2D eigenvalue weighted by Crippen LogP contribution is -2.46. The van der Waals surface area contributed by atoms with Gasteiger partial charge in [0.25, 0.3) is 0 Å². The molecule has 1 aromatic heterocycles. The van der Waals surface area contributed by atoms with Gasteiger partial charge >= 0.3 is 0 Å². The molecular weight excluding hydrogens is 252 g/mol. The molecule has 2 heterocycles. The number of H-pyrrole nitrogens is 1. The highest BCUT2D eigenvalue weighted by Crippen LogP contribution is 2.22. The van der Waals surface area contributed by atoms with Gasteiger partial charge in [0.2, 0.25) is 0 Å². The molecule has 20 heavy (non-hydrogen) atoms. The van der Waals surface area contributed by atoms with Gasteiger partial charge < -0.3 is 14.6 Å². The summed E-state index contributed by atoms with van der Waals surface area (Å²) in [6.07, 6.45) is 3.64. The first-order valence-electron chi connectivity index (χ1n) is 6.94. The fourth-order valence-corrected chi connectivity index (χ4v) is 2.58. The number of nitrogens with zero attached hydrogens (tertiary/aromatic N) is 3. The number of anilines is 1. The van der Waals surface area contributed by atoms with Crippen molar-refractivity contribution in [3.8, 4) is 5.75 Å². The molecule has 1 fully saturated rings. The van der Waals surface area contributed by atoms with Crippen molar-refractivity contribution in [1.82, 2.24) is 14.9 Å². The molecule has 3 rings (SSSR count). The summed E-state index contributed by atoms with van der Waals surface area (Å²) in [5.41, 5.74) is 2.42. The average molecular weight is 272 g/mol.